The molecule has 1 aromatic rings. The molecule has 92 valence electrons. The van der Waals surface area contributed by atoms with Crippen molar-refractivity contribution in [1.82, 2.24) is 4.90 Å². The number of fused-ring (bicyclic) bond motifs is 2. The van der Waals surface area contributed by atoms with Gasteiger partial charge in [0.05, 0.1) is 5.56 Å². The van der Waals surface area contributed by atoms with E-state index in [1.165, 1.54) is 0 Å². The third-order valence-corrected chi connectivity index (χ3v) is 3.98. The molecule has 2 aliphatic heterocycles. The number of nitrogens with zero attached hydrogens (tertiary/aromatic N) is 1. The molecule has 0 aliphatic carbocycles. The van der Waals surface area contributed by atoms with Crippen LogP contribution in [0.1, 0.15) is 41.8 Å². The zero-order chi connectivity index (χ0) is 12.0. The summed E-state index contributed by atoms with van der Waals surface area (Å²) in [6.45, 7) is 1.86. The first kappa shape index (κ1) is 10.8. The van der Waals surface area contributed by atoms with E-state index in [-0.39, 0.29) is 11.9 Å². The third kappa shape index (κ3) is 1.76. The van der Waals surface area contributed by atoms with E-state index in [2.05, 4.69) is 0 Å². The molecule has 2 saturated heterocycles. The van der Waals surface area contributed by atoms with Crippen LogP contribution in [-0.2, 0) is 0 Å². The van der Waals surface area contributed by atoms with E-state index in [1.54, 1.807) is 6.26 Å². The summed E-state index contributed by atoms with van der Waals surface area (Å²) in [5.74, 6) is 0.899. The summed E-state index contributed by atoms with van der Waals surface area (Å²) in [4.78, 5) is 14.4. The SMILES string of the molecule is Cc1cc(C(=O)N2C3CCC2CC(N)C3)co1. The van der Waals surface area contributed by atoms with Crippen molar-refractivity contribution < 1.29 is 9.21 Å². The van der Waals surface area contributed by atoms with E-state index >= 15 is 0 Å². The second kappa shape index (κ2) is 3.88. The molecule has 4 nitrogen and oxygen atoms in total. The molecular weight excluding hydrogens is 216 g/mol. The Morgan fingerprint density at radius 3 is 2.59 bits per heavy atom. The van der Waals surface area contributed by atoms with Gasteiger partial charge in [-0.1, -0.05) is 0 Å². The summed E-state index contributed by atoms with van der Waals surface area (Å²) in [6, 6.07) is 2.76. The van der Waals surface area contributed by atoms with E-state index in [0.29, 0.717) is 17.6 Å². The highest BCUT2D eigenvalue weighted by Gasteiger charge is 2.42. The van der Waals surface area contributed by atoms with Crippen molar-refractivity contribution in [2.45, 2.75) is 50.7 Å². The normalized spacial score (nSPS) is 31.9. The van der Waals surface area contributed by atoms with Crippen LogP contribution in [0.3, 0.4) is 0 Å². The van der Waals surface area contributed by atoms with Crippen LogP contribution in [0.25, 0.3) is 0 Å². The van der Waals surface area contributed by atoms with E-state index in [1.807, 2.05) is 17.9 Å². The number of carbonyl (C=O) groups is 1. The van der Waals surface area contributed by atoms with Gasteiger partial charge < -0.3 is 15.1 Å². The standard InChI is InChI=1S/C13H18N2O2/c1-8-4-9(7-17-8)13(16)15-11-2-3-12(15)6-10(14)5-11/h4,7,10-12H,2-3,5-6,14H2,1H3. The molecule has 0 radical (unpaired) electrons. The van der Waals surface area contributed by atoms with Gasteiger partial charge in [0.1, 0.15) is 12.0 Å². The molecule has 3 heterocycles. The highest BCUT2D eigenvalue weighted by molar-refractivity contribution is 5.94. The fourth-order valence-electron chi connectivity index (χ4n) is 3.26. The van der Waals surface area contributed by atoms with Crippen LogP contribution in [-0.4, -0.2) is 28.9 Å². The number of hydrogen-bond acceptors (Lipinski definition) is 3. The average Bonchev–Trinajstić information content (AvgIpc) is 2.81. The lowest BCUT2D eigenvalue weighted by molar-refractivity contribution is 0.0574. The molecule has 4 heteroatoms. The van der Waals surface area contributed by atoms with Gasteiger partial charge in [0.15, 0.2) is 0 Å². The maximum atomic E-state index is 12.4. The van der Waals surface area contributed by atoms with Gasteiger partial charge in [-0.25, -0.2) is 0 Å². The monoisotopic (exact) mass is 234 g/mol. The molecule has 3 rings (SSSR count). The molecule has 2 atom stereocenters. The zero-order valence-electron chi connectivity index (χ0n) is 10.1. The number of aryl methyl sites for hydroxylation is 1. The number of amides is 1. The van der Waals surface area contributed by atoms with Gasteiger partial charge in [-0.05, 0) is 38.7 Å². The number of rotatable bonds is 1. The van der Waals surface area contributed by atoms with E-state index in [9.17, 15) is 4.79 Å². The molecular formula is C13H18N2O2. The van der Waals surface area contributed by atoms with Gasteiger partial charge in [-0.3, -0.25) is 4.79 Å². The number of piperidine rings is 1. The predicted octanol–water partition coefficient (Wildman–Crippen LogP) is 1.68. The van der Waals surface area contributed by atoms with E-state index < -0.39 is 0 Å². The Bertz CT molecular complexity index is 426. The molecule has 2 aliphatic rings. The lowest BCUT2D eigenvalue weighted by atomic mass is 9.97. The Balaban J connectivity index is 1.83. The van der Waals surface area contributed by atoms with Gasteiger partial charge in [-0.2, -0.15) is 0 Å². The largest absolute Gasteiger partial charge is 0.469 e. The van der Waals surface area contributed by atoms with Gasteiger partial charge >= 0.3 is 0 Å². The highest BCUT2D eigenvalue weighted by Crippen LogP contribution is 2.36. The number of hydrogen-bond donors (Lipinski definition) is 1. The van der Waals surface area contributed by atoms with E-state index in [4.69, 9.17) is 10.2 Å². The molecule has 0 spiro atoms. The van der Waals surface area contributed by atoms with E-state index in [0.717, 1.165) is 31.4 Å². The minimum atomic E-state index is 0.112. The Hall–Kier alpha value is -1.29. The molecule has 2 fully saturated rings. The van der Waals surface area contributed by atoms with Crippen molar-refractivity contribution in [3.05, 3.63) is 23.7 Å². The summed E-state index contributed by atoms with van der Waals surface area (Å²) in [5.41, 5.74) is 6.68. The molecule has 0 saturated carbocycles. The summed E-state index contributed by atoms with van der Waals surface area (Å²) in [7, 11) is 0. The Morgan fingerprint density at radius 1 is 1.41 bits per heavy atom. The quantitative estimate of drug-likeness (QED) is 0.804. The molecule has 1 aromatic heterocycles. The maximum absolute atomic E-state index is 12.4. The number of nitrogens with two attached hydrogens (primary N) is 1. The van der Waals surface area contributed by atoms with Crippen LogP contribution >= 0.6 is 0 Å². The molecule has 17 heavy (non-hydrogen) atoms. The molecule has 2 N–H and O–H groups in total. The molecule has 1 amide bonds. The summed E-state index contributed by atoms with van der Waals surface area (Å²) < 4.78 is 5.22. The minimum Gasteiger partial charge on any atom is -0.469 e. The molecule has 0 aromatic carbocycles. The lowest BCUT2D eigenvalue weighted by Gasteiger charge is -2.37. The third-order valence-electron chi connectivity index (χ3n) is 3.98. The minimum absolute atomic E-state index is 0.112. The topological polar surface area (TPSA) is 59.5 Å². The number of furan rings is 1. The van der Waals surface area contributed by atoms with Crippen LogP contribution in [0.4, 0.5) is 0 Å². The summed E-state index contributed by atoms with van der Waals surface area (Å²) in [6.07, 6.45) is 5.64. The lowest BCUT2D eigenvalue weighted by Crippen LogP contribution is -2.50. The van der Waals surface area contributed by atoms with Gasteiger partial charge in [0.2, 0.25) is 0 Å². The van der Waals surface area contributed by atoms with Crippen LogP contribution in [0.2, 0.25) is 0 Å². The van der Waals surface area contributed by atoms with Gasteiger partial charge in [0.25, 0.3) is 5.91 Å². The Morgan fingerprint density at radius 2 is 2.06 bits per heavy atom. The van der Waals surface area contributed by atoms with Crippen LogP contribution in [0.15, 0.2) is 16.7 Å². The average molecular weight is 234 g/mol. The van der Waals surface area contributed by atoms with Gasteiger partial charge in [-0.15, -0.1) is 0 Å². The van der Waals surface area contributed by atoms with Crippen molar-refractivity contribution in [2.75, 3.05) is 0 Å². The van der Waals surface area contributed by atoms with Crippen LogP contribution in [0.5, 0.6) is 0 Å². The molecule has 2 bridgehead atoms. The fraction of sp³-hybridized carbons (Fsp3) is 0.615. The van der Waals surface area contributed by atoms with Crippen molar-refractivity contribution in [2.24, 2.45) is 5.73 Å². The van der Waals surface area contributed by atoms with Crippen molar-refractivity contribution in [3.8, 4) is 0 Å². The Kier molecular flexibility index (Phi) is 2.47. The summed E-state index contributed by atoms with van der Waals surface area (Å²) >= 11 is 0. The first-order valence-corrected chi connectivity index (χ1v) is 6.28. The second-order valence-electron chi connectivity index (χ2n) is 5.27. The maximum Gasteiger partial charge on any atom is 0.257 e. The number of carbonyl (C=O) groups excluding carboxylic acids is 1. The van der Waals surface area contributed by atoms with Crippen LogP contribution in [0, 0.1) is 6.92 Å². The van der Waals surface area contributed by atoms with Crippen molar-refractivity contribution >= 4 is 5.91 Å². The smallest absolute Gasteiger partial charge is 0.257 e. The van der Waals surface area contributed by atoms with Crippen molar-refractivity contribution in [3.63, 3.8) is 0 Å². The first-order valence-electron chi connectivity index (χ1n) is 6.28. The zero-order valence-corrected chi connectivity index (χ0v) is 10.1. The van der Waals surface area contributed by atoms with Crippen molar-refractivity contribution in [1.29, 1.82) is 0 Å². The first-order chi connectivity index (χ1) is 8.15. The fourth-order valence-corrected chi connectivity index (χ4v) is 3.26. The molecule has 2 unspecified atom stereocenters. The second-order valence-corrected chi connectivity index (χ2v) is 5.27. The Labute approximate surface area is 101 Å². The van der Waals surface area contributed by atoms with Crippen LogP contribution < -0.4 is 5.73 Å². The predicted molar refractivity (Wildman–Crippen MR) is 63.6 cm³/mol. The summed E-state index contributed by atoms with van der Waals surface area (Å²) in [5, 5.41) is 0. The van der Waals surface area contributed by atoms with Gasteiger partial charge in [0, 0.05) is 18.1 Å². The highest BCUT2D eigenvalue weighted by atomic mass is 16.3.